The molecule has 1 heterocycles. The Bertz CT molecular complexity index is 1250. The van der Waals surface area contributed by atoms with E-state index >= 15 is 0 Å². The summed E-state index contributed by atoms with van der Waals surface area (Å²) in [7, 11) is 1.71. The Balaban J connectivity index is 1.60. The number of ketones is 1. The summed E-state index contributed by atoms with van der Waals surface area (Å²) in [6, 6.07) is 18.5. The summed E-state index contributed by atoms with van der Waals surface area (Å²) in [6.07, 6.45) is 0.225. The zero-order valence-corrected chi connectivity index (χ0v) is 21.6. The zero-order chi connectivity index (χ0) is 27.5. The predicted molar refractivity (Wildman–Crippen MR) is 141 cm³/mol. The van der Waals surface area contributed by atoms with E-state index in [1.165, 1.54) is 0 Å². The summed E-state index contributed by atoms with van der Waals surface area (Å²) in [6.45, 7) is 2.32. The molecule has 1 aromatic heterocycles. The van der Waals surface area contributed by atoms with E-state index in [9.17, 15) is 19.2 Å². The van der Waals surface area contributed by atoms with Gasteiger partial charge in [0, 0.05) is 18.3 Å². The summed E-state index contributed by atoms with van der Waals surface area (Å²) < 4.78 is 11.5. The van der Waals surface area contributed by atoms with Gasteiger partial charge in [-0.25, -0.2) is 9.59 Å². The topological polar surface area (TPSA) is 130 Å². The van der Waals surface area contributed by atoms with Crippen molar-refractivity contribution in [1.82, 2.24) is 9.88 Å². The number of nitrogens with two attached hydrogens (primary N) is 1. The highest BCUT2D eigenvalue weighted by Gasteiger charge is 2.26. The van der Waals surface area contributed by atoms with Crippen LogP contribution in [0.3, 0.4) is 0 Å². The first kappa shape index (κ1) is 28.3. The maximum Gasteiger partial charge on any atom is 0.516 e. The molecule has 0 fully saturated rings. The minimum Gasteiger partial charge on any atom is -0.429 e. The Morgan fingerprint density at radius 2 is 1.66 bits per heavy atom. The Kier molecular flexibility index (Phi) is 10.4. The van der Waals surface area contributed by atoms with Crippen LogP contribution in [0.1, 0.15) is 52.1 Å². The van der Waals surface area contributed by atoms with Crippen molar-refractivity contribution in [2.24, 2.45) is 12.8 Å². The average molecular weight is 520 g/mol. The van der Waals surface area contributed by atoms with E-state index in [1.807, 2.05) is 25.1 Å². The summed E-state index contributed by atoms with van der Waals surface area (Å²) >= 11 is 0. The molecule has 3 aromatic rings. The third-order valence-electron chi connectivity index (χ3n) is 6.06. The van der Waals surface area contributed by atoms with Crippen LogP contribution >= 0.6 is 0 Å². The molecule has 0 spiro atoms. The van der Waals surface area contributed by atoms with E-state index in [4.69, 9.17) is 15.2 Å². The van der Waals surface area contributed by atoms with Crippen molar-refractivity contribution in [3.8, 4) is 0 Å². The van der Waals surface area contributed by atoms with Crippen molar-refractivity contribution >= 4 is 23.8 Å². The van der Waals surface area contributed by atoms with Crippen LogP contribution in [0.2, 0.25) is 0 Å². The maximum absolute atomic E-state index is 12.9. The number of hydrogen-bond acceptors (Lipinski definition) is 7. The van der Waals surface area contributed by atoms with Gasteiger partial charge in [-0.05, 0) is 50.4 Å². The fraction of sp³-hybridized carbons (Fsp3) is 0.310. The molecular weight excluding hydrogens is 486 g/mol. The number of amides is 1. The van der Waals surface area contributed by atoms with Crippen LogP contribution in [0.5, 0.6) is 0 Å². The molecule has 1 atom stereocenters. The monoisotopic (exact) mass is 519 g/mol. The highest BCUT2D eigenvalue weighted by atomic mass is 16.7. The second-order valence-corrected chi connectivity index (χ2v) is 8.99. The molecule has 0 unspecified atom stereocenters. The zero-order valence-electron chi connectivity index (χ0n) is 21.6. The van der Waals surface area contributed by atoms with Gasteiger partial charge in [-0.3, -0.25) is 9.59 Å². The number of aromatic nitrogens is 1. The van der Waals surface area contributed by atoms with Crippen molar-refractivity contribution in [3.05, 3.63) is 94.8 Å². The number of carbonyl (C=O) groups excluding carboxylic acids is 4. The molecule has 9 nitrogen and oxygen atoms in total. The molecule has 0 bridgehead atoms. The number of benzene rings is 2. The van der Waals surface area contributed by atoms with Crippen LogP contribution in [-0.4, -0.2) is 41.0 Å². The van der Waals surface area contributed by atoms with Crippen LogP contribution < -0.4 is 11.1 Å². The smallest absolute Gasteiger partial charge is 0.429 e. The summed E-state index contributed by atoms with van der Waals surface area (Å²) in [5, 5.41) is 2.65. The molecule has 2 aromatic carbocycles. The van der Waals surface area contributed by atoms with Crippen molar-refractivity contribution in [2.45, 2.75) is 45.3 Å². The van der Waals surface area contributed by atoms with E-state index in [0.29, 0.717) is 36.3 Å². The first-order valence-electron chi connectivity index (χ1n) is 12.5. The van der Waals surface area contributed by atoms with Crippen molar-refractivity contribution < 1.29 is 28.7 Å². The van der Waals surface area contributed by atoms with E-state index in [0.717, 1.165) is 11.1 Å². The minimum absolute atomic E-state index is 0.0473. The molecule has 0 aliphatic rings. The lowest BCUT2D eigenvalue weighted by Gasteiger charge is -2.17. The molecule has 3 N–H and O–H groups in total. The van der Waals surface area contributed by atoms with E-state index < -0.39 is 24.1 Å². The third-order valence-corrected chi connectivity index (χ3v) is 6.06. The number of nitrogens with one attached hydrogen (secondary N) is 1. The molecule has 200 valence electrons. The molecule has 0 saturated heterocycles. The van der Waals surface area contributed by atoms with Gasteiger partial charge in [-0.15, -0.1) is 0 Å². The molecule has 0 radical (unpaired) electrons. The number of carbonyl (C=O) groups is 4. The average Bonchev–Trinajstić information content (AvgIpc) is 3.27. The van der Waals surface area contributed by atoms with E-state index in [2.05, 4.69) is 5.32 Å². The van der Waals surface area contributed by atoms with Gasteiger partial charge in [-0.2, -0.15) is 0 Å². The lowest BCUT2D eigenvalue weighted by Crippen LogP contribution is -2.43. The fourth-order valence-electron chi connectivity index (χ4n) is 3.86. The molecule has 3 rings (SSSR count). The van der Waals surface area contributed by atoms with E-state index in [1.54, 1.807) is 60.1 Å². The second kappa shape index (κ2) is 13.9. The molecule has 0 aliphatic carbocycles. The largest absolute Gasteiger partial charge is 0.516 e. The number of esters is 1. The normalized spacial score (nSPS) is 11.4. The van der Waals surface area contributed by atoms with Gasteiger partial charge in [0.1, 0.15) is 12.6 Å². The van der Waals surface area contributed by atoms with Crippen LogP contribution in [0.15, 0.2) is 66.7 Å². The number of rotatable bonds is 12. The highest BCUT2D eigenvalue weighted by Crippen LogP contribution is 2.15. The summed E-state index contributed by atoms with van der Waals surface area (Å²) in [5.74, 6) is -1.51. The quantitative estimate of drug-likeness (QED) is 0.162. The van der Waals surface area contributed by atoms with Gasteiger partial charge in [0.05, 0.1) is 12.1 Å². The third kappa shape index (κ3) is 8.14. The number of unbranched alkanes of at least 4 members (excludes halogenated alkanes) is 1. The van der Waals surface area contributed by atoms with Crippen LogP contribution in [0, 0.1) is 6.92 Å². The van der Waals surface area contributed by atoms with Gasteiger partial charge in [0.25, 0.3) is 0 Å². The first-order valence-corrected chi connectivity index (χ1v) is 12.5. The molecule has 0 aliphatic heterocycles. The number of aryl methyl sites for hydroxylation is 1. The first-order chi connectivity index (χ1) is 18.3. The molecular formula is C29H33N3O6. The molecule has 1 amide bonds. The Morgan fingerprint density at radius 1 is 0.947 bits per heavy atom. The molecule has 0 saturated carbocycles. The summed E-state index contributed by atoms with van der Waals surface area (Å²) in [4.78, 5) is 50.5. The van der Waals surface area contributed by atoms with Crippen LogP contribution in [0.25, 0.3) is 0 Å². The van der Waals surface area contributed by atoms with Gasteiger partial charge in [0.2, 0.25) is 11.7 Å². The predicted octanol–water partition coefficient (Wildman–Crippen LogP) is 3.60. The van der Waals surface area contributed by atoms with Gasteiger partial charge >= 0.3 is 12.1 Å². The Labute approximate surface area is 221 Å². The van der Waals surface area contributed by atoms with Crippen molar-refractivity contribution in [2.75, 3.05) is 6.54 Å². The van der Waals surface area contributed by atoms with Gasteiger partial charge in [0.15, 0.2) is 0 Å². The Morgan fingerprint density at radius 3 is 2.34 bits per heavy atom. The van der Waals surface area contributed by atoms with Crippen molar-refractivity contribution in [1.29, 1.82) is 0 Å². The molecule has 38 heavy (non-hydrogen) atoms. The van der Waals surface area contributed by atoms with Crippen LogP contribution in [-0.2, 0) is 39.1 Å². The number of hydrogen-bond donors (Lipinski definition) is 2. The minimum atomic E-state index is -1.14. The van der Waals surface area contributed by atoms with Crippen LogP contribution in [0.4, 0.5) is 4.79 Å². The SMILES string of the molecule is Cc1ccc(C(=O)c2ccc(CC(=O)N[C@@H](CCCCN)C(=O)OC(=O)OCc3ccccc3)n2C)cc1. The van der Waals surface area contributed by atoms with Gasteiger partial charge in [-0.1, -0.05) is 60.2 Å². The van der Waals surface area contributed by atoms with Gasteiger partial charge < -0.3 is 25.1 Å². The Hall–Kier alpha value is -4.24. The van der Waals surface area contributed by atoms with Crippen molar-refractivity contribution in [3.63, 3.8) is 0 Å². The summed E-state index contributed by atoms with van der Waals surface area (Å²) in [5.41, 5.74) is 8.93. The van der Waals surface area contributed by atoms with E-state index in [-0.39, 0.29) is 25.2 Å². The lowest BCUT2D eigenvalue weighted by atomic mass is 10.1. The number of nitrogens with zero attached hydrogens (tertiary/aromatic N) is 1. The molecule has 9 heteroatoms. The highest BCUT2D eigenvalue weighted by molar-refractivity contribution is 6.08. The second-order valence-electron chi connectivity index (χ2n) is 8.99. The number of ether oxygens (including phenoxy) is 2. The lowest BCUT2D eigenvalue weighted by molar-refractivity contribution is -0.144. The standard InChI is InChI=1S/C29H33N3O6/c1-20-11-13-22(14-12-20)27(34)25-16-15-23(32(25)2)18-26(33)31-24(10-6-7-17-30)28(35)38-29(36)37-19-21-8-4-3-5-9-21/h3-5,8-9,11-16,24H,6-7,10,17-19,30H2,1-2H3,(H,31,33)/t24-/m0/s1. The maximum atomic E-state index is 12.9. The fourth-order valence-corrected chi connectivity index (χ4v) is 3.86.